The summed E-state index contributed by atoms with van der Waals surface area (Å²) in [4.78, 5) is 2.79. The molecule has 0 spiro atoms. The van der Waals surface area contributed by atoms with Crippen molar-refractivity contribution in [3.63, 3.8) is 0 Å². The fourth-order valence-corrected chi connectivity index (χ4v) is 2.53. The van der Waals surface area contributed by atoms with E-state index in [0.29, 0.717) is 5.92 Å². The molecule has 0 saturated heterocycles. The summed E-state index contributed by atoms with van der Waals surface area (Å²) in [6, 6.07) is 4.34. The molecule has 1 unspecified atom stereocenters. The monoisotopic (exact) mass is 196 g/mol. The number of rotatable bonds is 4. The van der Waals surface area contributed by atoms with Gasteiger partial charge in [0, 0.05) is 9.75 Å². The van der Waals surface area contributed by atoms with Crippen molar-refractivity contribution >= 4 is 11.3 Å². The number of hydrogen-bond donors (Lipinski definition) is 1. The van der Waals surface area contributed by atoms with Gasteiger partial charge in [-0.25, -0.2) is 0 Å². The Kier molecular flexibility index (Phi) is 2.70. The molecule has 1 heterocycles. The van der Waals surface area contributed by atoms with Crippen molar-refractivity contribution < 1.29 is 5.11 Å². The molecule has 1 saturated carbocycles. The molecule has 0 radical (unpaired) electrons. The molecule has 0 amide bonds. The highest BCUT2D eigenvalue weighted by atomic mass is 32.1. The van der Waals surface area contributed by atoms with E-state index >= 15 is 0 Å². The lowest BCUT2D eigenvalue weighted by molar-refractivity contribution is 0.142. The van der Waals surface area contributed by atoms with Gasteiger partial charge in [-0.15, -0.1) is 11.3 Å². The Morgan fingerprint density at radius 3 is 2.85 bits per heavy atom. The van der Waals surface area contributed by atoms with Gasteiger partial charge in [0.15, 0.2) is 0 Å². The van der Waals surface area contributed by atoms with Gasteiger partial charge in [0.2, 0.25) is 0 Å². The van der Waals surface area contributed by atoms with Gasteiger partial charge in [-0.3, -0.25) is 0 Å². The Hall–Kier alpha value is -0.340. The molecule has 2 heteroatoms. The van der Waals surface area contributed by atoms with Crippen molar-refractivity contribution in [2.45, 2.75) is 38.7 Å². The Balaban J connectivity index is 1.78. The van der Waals surface area contributed by atoms with Crippen molar-refractivity contribution in [3.05, 3.63) is 21.9 Å². The van der Waals surface area contributed by atoms with Crippen LogP contribution in [0.3, 0.4) is 0 Å². The average molecular weight is 196 g/mol. The first kappa shape index (κ1) is 9.22. The molecular formula is C11H16OS. The Morgan fingerprint density at radius 2 is 2.31 bits per heavy atom. The molecular weight excluding hydrogens is 180 g/mol. The van der Waals surface area contributed by atoms with E-state index in [1.807, 2.05) is 11.3 Å². The number of hydrogen-bond acceptors (Lipinski definition) is 2. The second kappa shape index (κ2) is 3.81. The predicted molar refractivity (Wildman–Crippen MR) is 56.1 cm³/mol. The zero-order chi connectivity index (χ0) is 9.26. The minimum Gasteiger partial charge on any atom is -0.393 e. The Morgan fingerprint density at radius 1 is 1.54 bits per heavy atom. The van der Waals surface area contributed by atoms with Gasteiger partial charge in [-0.05, 0) is 50.7 Å². The lowest BCUT2D eigenvalue weighted by Gasteiger charge is -2.06. The number of aliphatic hydroxyl groups excluding tert-OH is 1. The highest BCUT2D eigenvalue weighted by molar-refractivity contribution is 7.11. The second-order valence-electron chi connectivity index (χ2n) is 3.96. The summed E-state index contributed by atoms with van der Waals surface area (Å²) in [6.07, 6.45) is 4.44. The maximum Gasteiger partial charge on any atom is 0.0571 e. The molecule has 13 heavy (non-hydrogen) atoms. The van der Waals surface area contributed by atoms with E-state index in [0.717, 1.165) is 12.8 Å². The SMILES string of the molecule is Cc1ccc(CCC(O)C2CC2)s1. The van der Waals surface area contributed by atoms with Crippen molar-refractivity contribution in [1.29, 1.82) is 0 Å². The quantitative estimate of drug-likeness (QED) is 0.785. The van der Waals surface area contributed by atoms with Crippen LogP contribution in [-0.2, 0) is 6.42 Å². The minimum atomic E-state index is -0.0394. The average Bonchev–Trinajstić information content (AvgIpc) is 2.87. The van der Waals surface area contributed by atoms with Crippen LogP contribution in [0.2, 0.25) is 0 Å². The van der Waals surface area contributed by atoms with Crippen molar-refractivity contribution in [3.8, 4) is 0 Å². The third kappa shape index (κ3) is 2.55. The third-order valence-corrected chi connectivity index (χ3v) is 3.71. The van der Waals surface area contributed by atoms with Crippen LogP contribution >= 0.6 is 11.3 Å². The summed E-state index contributed by atoms with van der Waals surface area (Å²) in [5.74, 6) is 0.626. The van der Waals surface area contributed by atoms with Crippen LogP contribution < -0.4 is 0 Å². The van der Waals surface area contributed by atoms with Crippen LogP contribution in [0.4, 0.5) is 0 Å². The van der Waals surface area contributed by atoms with E-state index in [-0.39, 0.29) is 6.10 Å². The molecule has 1 aliphatic rings. The van der Waals surface area contributed by atoms with Gasteiger partial charge >= 0.3 is 0 Å². The summed E-state index contributed by atoms with van der Waals surface area (Å²) in [6.45, 7) is 2.13. The highest BCUT2D eigenvalue weighted by Crippen LogP contribution is 2.34. The Labute approximate surface area is 83.4 Å². The maximum absolute atomic E-state index is 9.66. The van der Waals surface area contributed by atoms with Crippen LogP contribution in [0.1, 0.15) is 29.0 Å². The van der Waals surface area contributed by atoms with Gasteiger partial charge in [-0.1, -0.05) is 0 Å². The molecule has 0 aliphatic heterocycles. The first-order chi connectivity index (χ1) is 6.25. The summed E-state index contributed by atoms with van der Waals surface area (Å²) in [5, 5.41) is 9.66. The minimum absolute atomic E-state index is 0.0394. The molecule has 0 aromatic carbocycles. The number of aryl methyl sites for hydroxylation is 2. The lowest BCUT2D eigenvalue weighted by atomic mass is 10.1. The molecule has 1 aliphatic carbocycles. The van der Waals surface area contributed by atoms with Gasteiger partial charge < -0.3 is 5.11 Å². The van der Waals surface area contributed by atoms with E-state index < -0.39 is 0 Å². The van der Waals surface area contributed by atoms with Crippen molar-refractivity contribution in [2.75, 3.05) is 0 Å². The van der Waals surface area contributed by atoms with E-state index in [9.17, 15) is 5.11 Å². The van der Waals surface area contributed by atoms with Crippen LogP contribution in [-0.4, -0.2) is 11.2 Å². The molecule has 1 aromatic rings. The normalized spacial score (nSPS) is 18.9. The first-order valence-corrected chi connectivity index (χ1v) is 5.81. The molecule has 72 valence electrons. The predicted octanol–water partition coefficient (Wildman–Crippen LogP) is 2.76. The van der Waals surface area contributed by atoms with Crippen molar-refractivity contribution in [1.82, 2.24) is 0 Å². The van der Waals surface area contributed by atoms with Crippen LogP contribution in [0.15, 0.2) is 12.1 Å². The fraction of sp³-hybridized carbons (Fsp3) is 0.636. The van der Waals surface area contributed by atoms with Crippen LogP contribution in [0.25, 0.3) is 0 Å². The third-order valence-electron chi connectivity index (χ3n) is 2.65. The fourth-order valence-electron chi connectivity index (χ4n) is 1.63. The molecule has 1 N–H and O–H groups in total. The summed E-state index contributed by atoms with van der Waals surface area (Å²) in [5.41, 5.74) is 0. The van der Waals surface area contributed by atoms with Crippen LogP contribution in [0, 0.1) is 12.8 Å². The molecule has 1 fully saturated rings. The lowest BCUT2D eigenvalue weighted by Crippen LogP contribution is -2.09. The maximum atomic E-state index is 9.66. The second-order valence-corrected chi connectivity index (χ2v) is 5.33. The smallest absolute Gasteiger partial charge is 0.0571 e. The molecule has 1 aromatic heterocycles. The Bertz CT molecular complexity index is 275. The zero-order valence-electron chi connectivity index (χ0n) is 7.99. The highest BCUT2D eigenvalue weighted by Gasteiger charge is 2.29. The van der Waals surface area contributed by atoms with E-state index in [2.05, 4.69) is 19.1 Å². The molecule has 2 rings (SSSR count). The topological polar surface area (TPSA) is 20.2 Å². The number of aliphatic hydroxyl groups is 1. The first-order valence-electron chi connectivity index (χ1n) is 4.99. The zero-order valence-corrected chi connectivity index (χ0v) is 8.81. The largest absolute Gasteiger partial charge is 0.393 e. The summed E-state index contributed by atoms with van der Waals surface area (Å²) in [7, 11) is 0. The van der Waals surface area contributed by atoms with Gasteiger partial charge in [0.05, 0.1) is 6.10 Å². The molecule has 1 nitrogen and oxygen atoms in total. The van der Waals surface area contributed by atoms with Gasteiger partial charge in [-0.2, -0.15) is 0 Å². The van der Waals surface area contributed by atoms with Gasteiger partial charge in [0.1, 0.15) is 0 Å². The van der Waals surface area contributed by atoms with E-state index in [1.54, 1.807) is 0 Å². The van der Waals surface area contributed by atoms with Crippen molar-refractivity contribution in [2.24, 2.45) is 5.92 Å². The molecule has 1 atom stereocenters. The van der Waals surface area contributed by atoms with Gasteiger partial charge in [0.25, 0.3) is 0 Å². The van der Waals surface area contributed by atoms with E-state index in [1.165, 1.54) is 22.6 Å². The summed E-state index contributed by atoms with van der Waals surface area (Å²) >= 11 is 1.85. The number of thiophene rings is 1. The van der Waals surface area contributed by atoms with Crippen LogP contribution in [0.5, 0.6) is 0 Å². The molecule has 0 bridgehead atoms. The van der Waals surface area contributed by atoms with E-state index in [4.69, 9.17) is 0 Å². The summed E-state index contributed by atoms with van der Waals surface area (Å²) < 4.78 is 0. The standard InChI is InChI=1S/C11H16OS/c1-8-2-5-10(13-8)6-7-11(12)9-3-4-9/h2,5,9,11-12H,3-4,6-7H2,1H3.